The molecular formula is C27H32N2O3S. The maximum Gasteiger partial charge on any atom is 0.249 e. The van der Waals surface area contributed by atoms with E-state index < -0.39 is 0 Å². The van der Waals surface area contributed by atoms with Gasteiger partial charge < -0.3 is 14.5 Å². The number of carbonyl (C=O) groups is 2. The first-order valence-electron chi connectivity index (χ1n) is 11.2. The van der Waals surface area contributed by atoms with Crippen LogP contribution in [0.25, 0.3) is 0 Å². The molecular weight excluding hydrogens is 432 g/mol. The van der Waals surface area contributed by atoms with Crippen LogP contribution in [0.1, 0.15) is 29.9 Å². The molecule has 0 saturated carbocycles. The summed E-state index contributed by atoms with van der Waals surface area (Å²) in [5, 5.41) is 2.01. The molecule has 33 heavy (non-hydrogen) atoms. The summed E-state index contributed by atoms with van der Waals surface area (Å²) < 4.78 is 5.65. The standard InChI is InChI=1S/C27H32N2O3S/c1-22(2)16-28(27(31)21-32-20-24-12-7-4-8-13-24)19-26(30)29(18-25-14-9-15-33-25)17-23-10-5-3-6-11-23/h3-15,22H,16-21H2,1-2H3. The van der Waals surface area contributed by atoms with Crippen molar-refractivity contribution in [2.45, 2.75) is 33.5 Å². The highest BCUT2D eigenvalue weighted by atomic mass is 32.1. The highest BCUT2D eigenvalue weighted by molar-refractivity contribution is 7.09. The molecule has 0 aliphatic rings. The summed E-state index contributed by atoms with van der Waals surface area (Å²) >= 11 is 1.63. The molecule has 3 aromatic rings. The van der Waals surface area contributed by atoms with Crippen LogP contribution in [0.4, 0.5) is 0 Å². The number of thiophene rings is 1. The molecule has 0 unspecified atom stereocenters. The van der Waals surface area contributed by atoms with Gasteiger partial charge in [-0.05, 0) is 28.5 Å². The van der Waals surface area contributed by atoms with E-state index in [1.807, 2.05) is 96.9 Å². The van der Waals surface area contributed by atoms with Crippen molar-refractivity contribution in [1.82, 2.24) is 9.80 Å². The minimum absolute atomic E-state index is 0.0432. The Morgan fingerprint density at radius 1 is 0.818 bits per heavy atom. The number of rotatable bonds is 12. The van der Waals surface area contributed by atoms with Gasteiger partial charge in [-0.3, -0.25) is 9.59 Å². The average Bonchev–Trinajstić information content (AvgIpc) is 3.32. The first-order valence-corrected chi connectivity index (χ1v) is 12.1. The van der Waals surface area contributed by atoms with Crippen LogP contribution < -0.4 is 0 Å². The molecule has 0 atom stereocenters. The Bertz CT molecular complexity index is 975. The van der Waals surface area contributed by atoms with Gasteiger partial charge in [0.15, 0.2) is 0 Å². The predicted molar refractivity (Wildman–Crippen MR) is 133 cm³/mol. The van der Waals surface area contributed by atoms with E-state index in [2.05, 4.69) is 0 Å². The van der Waals surface area contributed by atoms with Gasteiger partial charge in [-0.25, -0.2) is 0 Å². The number of hydrogen-bond acceptors (Lipinski definition) is 4. The highest BCUT2D eigenvalue weighted by Gasteiger charge is 2.23. The fraction of sp³-hybridized carbons (Fsp3) is 0.333. The summed E-state index contributed by atoms with van der Waals surface area (Å²) in [7, 11) is 0. The van der Waals surface area contributed by atoms with Crippen molar-refractivity contribution in [3.63, 3.8) is 0 Å². The molecule has 0 spiro atoms. The maximum atomic E-state index is 13.4. The summed E-state index contributed by atoms with van der Waals surface area (Å²) in [6, 6.07) is 23.7. The molecule has 2 aromatic carbocycles. The quantitative estimate of drug-likeness (QED) is 0.380. The van der Waals surface area contributed by atoms with Crippen LogP contribution in [-0.4, -0.2) is 41.3 Å². The van der Waals surface area contributed by atoms with Crippen molar-refractivity contribution in [1.29, 1.82) is 0 Å². The van der Waals surface area contributed by atoms with Crippen LogP contribution in [0, 0.1) is 5.92 Å². The normalized spacial score (nSPS) is 10.9. The molecule has 0 radical (unpaired) electrons. The fourth-order valence-corrected chi connectivity index (χ4v) is 4.23. The van der Waals surface area contributed by atoms with Crippen LogP contribution >= 0.6 is 11.3 Å². The number of benzene rings is 2. The van der Waals surface area contributed by atoms with E-state index >= 15 is 0 Å². The van der Waals surface area contributed by atoms with Crippen LogP contribution in [0.3, 0.4) is 0 Å². The lowest BCUT2D eigenvalue weighted by Gasteiger charge is -2.28. The average molecular weight is 465 g/mol. The molecule has 6 heteroatoms. The highest BCUT2D eigenvalue weighted by Crippen LogP contribution is 2.15. The minimum atomic E-state index is -0.163. The lowest BCUT2D eigenvalue weighted by Crippen LogP contribution is -2.45. The van der Waals surface area contributed by atoms with Gasteiger partial charge in [0.2, 0.25) is 11.8 Å². The second-order valence-electron chi connectivity index (χ2n) is 8.46. The molecule has 0 aliphatic heterocycles. The zero-order chi connectivity index (χ0) is 23.5. The third-order valence-electron chi connectivity index (χ3n) is 5.10. The molecule has 0 fully saturated rings. The van der Waals surface area contributed by atoms with Gasteiger partial charge in [0.05, 0.1) is 19.7 Å². The molecule has 174 valence electrons. The van der Waals surface area contributed by atoms with Crippen LogP contribution in [0.15, 0.2) is 78.2 Å². The monoisotopic (exact) mass is 464 g/mol. The van der Waals surface area contributed by atoms with Gasteiger partial charge in [-0.2, -0.15) is 0 Å². The van der Waals surface area contributed by atoms with Crippen molar-refractivity contribution >= 4 is 23.2 Å². The number of ether oxygens (including phenoxy) is 1. The van der Waals surface area contributed by atoms with E-state index in [1.54, 1.807) is 16.2 Å². The van der Waals surface area contributed by atoms with Crippen molar-refractivity contribution < 1.29 is 14.3 Å². The molecule has 2 amide bonds. The second kappa shape index (κ2) is 12.9. The van der Waals surface area contributed by atoms with E-state index in [0.717, 1.165) is 16.0 Å². The van der Waals surface area contributed by atoms with E-state index in [0.29, 0.717) is 26.2 Å². The Hall–Kier alpha value is -2.96. The summed E-state index contributed by atoms with van der Waals surface area (Å²) in [5.41, 5.74) is 2.08. The van der Waals surface area contributed by atoms with Crippen molar-refractivity contribution in [2.24, 2.45) is 5.92 Å². The van der Waals surface area contributed by atoms with Crippen molar-refractivity contribution in [3.05, 3.63) is 94.2 Å². The SMILES string of the molecule is CC(C)CN(CC(=O)N(Cc1ccccc1)Cc1cccs1)C(=O)COCc1ccccc1. The fourth-order valence-electron chi connectivity index (χ4n) is 3.51. The molecule has 5 nitrogen and oxygen atoms in total. The Kier molecular flexibility index (Phi) is 9.66. The first-order chi connectivity index (χ1) is 16.0. The van der Waals surface area contributed by atoms with Gasteiger partial charge in [-0.15, -0.1) is 11.3 Å². The third-order valence-corrected chi connectivity index (χ3v) is 5.96. The van der Waals surface area contributed by atoms with Gasteiger partial charge in [0.1, 0.15) is 6.61 Å². The smallest absolute Gasteiger partial charge is 0.249 e. The largest absolute Gasteiger partial charge is 0.367 e. The second-order valence-corrected chi connectivity index (χ2v) is 9.49. The van der Waals surface area contributed by atoms with Crippen LogP contribution in [0.2, 0.25) is 0 Å². The summed E-state index contributed by atoms with van der Waals surface area (Å²) in [4.78, 5) is 30.9. The Balaban J connectivity index is 1.64. The van der Waals surface area contributed by atoms with Crippen molar-refractivity contribution in [2.75, 3.05) is 19.7 Å². The zero-order valence-corrected chi connectivity index (χ0v) is 20.2. The van der Waals surface area contributed by atoms with Gasteiger partial charge in [0, 0.05) is 18.0 Å². The lowest BCUT2D eigenvalue weighted by molar-refractivity contribution is -0.144. The zero-order valence-electron chi connectivity index (χ0n) is 19.4. The number of nitrogens with zero attached hydrogens (tertiary/aromatic N) is 2. The molecule has 0 aliphatic carbocycles. The van der Waals surface area contributed by atoms with E-state index in [1.165, 1.54) is 0 Å². The van der Waals surface area contributed by atoms with Crippen LogP contribution in [-0.2, 0) is 34.0 Å². The Labute approximate surface area is 200 Å². The summed E-state index contributed by atoms with van der Waals surface area (Å²) in [5.74, 6) is 0.0174. The minimum Gasteiger partial charge on any atom is -0.367 e. The van der Waals surface area contributed by atoms with E-state index in [-0.39, 0.29) is 30.9 Å². The van der Waals surface area contributed by atoms with Gasteiger partial charge in [0.25, 0.3) is 0 Å². The molecule has 0 N–H and O–H groups in total. The Morgan fingerprint density at radius 2 is 1.48 bits per heavy atom. The topological polar surface area (TPSA) is 49.9 Å². The van der Waals surface area contributed by atoms with Gasteiger partial charge >= 0.3 is 0 Å². The molecule has 1 aromatic heterocycles. The Morgan fingerprint density at radius 3 is 2.09 bits per heavy atom. The van der Waals surface area contributed by atoms with Crippen LogP contribution in [0.5, 0.6) is 0 Å². The van der Waals surface area contributed by atoms with E-state index in [9.17, 15) is 9.59 Å². The summed E-state index contributed by atoms with van der Waals surface area (Å²) in [6.45, 7) is 6.01. The molecule has 0 bridgehead atoms. The first kappa shape index (κ1) is 24.7. The van der Waals surface area contributed by atoms with Gasteiger partial charge in [-0.1, -0.05) is 80.6 Å². The van der Waals surface area contributed by atoms with E-state index in [4.69, 9.17) is 4.74 Å². The number of hydrogen-bond donors (Lipinski definition) is 0. The number of amides is 2. The lowest BCUT2D eigenvalue weighted by atomic mass is 10.2. The third kappa shape index (κ3) is 8.48. The molecule has 0 saturated heterocycles. The maximum absolute atomic E-state index is 13.4. The molecule has 3 rings (SSSR count). The molecule has 1 heterocycles. The van der Waals surface area contributed by atoms with Crippen molar-refractivity contribution in [3.8, 4) is 0 Å². The summed E-state index contributed by atoms with van der Waals surface area (Å²) in [6.07, 6.45) is 0. The predicted octanol–water partition coefficient (Wildman–Crippen LogP) is 4.98. The number of carbonyl (C=O) groups excluding carboxylic acids is 2.